The third-order valence-corrected chi connectivity index (χ3v) is 3.70. The van der Waals surface area contributed by atoms with Crippen LogP contribution in [0.5, 0.6) is 5.75 Å². The lowest BCUT2D eigenvalue weighted by atomic mass is 10.0. The first-order chi connectivity index (χ1) is 8.68. The van der Waals surface area contributed by atoms with Crippen LogP contribution in [0.25, 0.3) is 0 Å². The molecule has 1 aliphatic rings. The Bertz CT molecular complexity index is 371. The van der Waals surface area contributed by atoms with Crippen LogP contribution in [0.3, 0.4) is 0 Å². The van der Waals surface area contributed by atoms with Gasteiger partial charge in [-0.05, 0) is 43.2 Å². The minimum atomic E-state index is 0.513. The molecule has 1 N–H and O–H groups in total. The highest BCUT2D eigenvalue weighted by Crippen LogP contribution is 2.32. The lowest BCUT2D eigenvalue weighted by Gasteiger charge is -2.16. The van der Waals surface area contributed by atoms with Gasteiger partial charge < -0.3 is 10.1 Å². The number of hydrogen-bond donors (Lipinski definition) is 1. The summed E-state index contributed by atoms with van der Waals surface area (Å²) < 4.78 is 5.89. The van der Waals surface area contributed by atoms with Crippen molar-refractivity contribution in [1.82, 2.24) is 5.32 Å². The van der Waals surface area contributed by atoms with Gasteiger partial charge in [0.25, 0.3) is 0 Å². The molecule has 0 spiro atoms. The Morgan fingerprint density at radius 1 is 1.22 bits per heavy atom. The zero-order chi connectivity index (χ0) is 13.0. The summed E-state index contributed by atoms with van der Waals surface area (Å²) >= 11 is 0. The average Bonchev–Trinajstić information content (AvgIpc) is 3.19. The van der Waals surface area contributed by atoms with Crippen LogP contribution in [0.2, 0.25) is 0 Å². The van der Waals surface area contributed by atoms with Gasteiger partial charge in [0.05, 0.1) is 0 Å². The molecule has 0 heterocycles. The highest BCUT2D eigenvalue weighted by molar-refractivity contribution is 5.35. The van der Waals surface area contributed by atoms with Gasteiger partial charge in [-0.25, -0.2) is 0 Å². The van der Waals surface area contributed by atoms with Crippen LogP contribution in [0.1, 0.15) is 45.1 Å². The Hall–Kier alpha value is -1.02. The van der Waals surface area contributed by atoms with Crippen molar-refractivity contribution in [3.8, 4) is 5.75 Å². The van der Waals surface area contributed by atoms with Crippen molar-refractivity contribution in [1.29, 1.82) is 0 Å². The monoisotopic (exact) mass is 247 g/mol. The van der Waals surface area contributed by atoms with E-state index in [-0.39, 0.29) is 0 Å². The van der Waals surface area contributed by atoms with Crippen LogP contribution >= 0.6 is 0 Å². The van der Waals surface area contributed by atoms with E-state index in [0.29, 0.717) is 12.0 Å². The molecular formula is C16H25NO. The number of benzene rings is 1. The number of ether oxygens (including phenoxy) is 1. The molecule has 1 saturated carbocycles. The van der Waals surface area contributed by atoms with Gasteiger partial charge in [0.1, 0.15) is 12.4 Å². The zero-order valence-corrected chi connectivity index (χ0v) is 11.8. The fraction of sp³-hybridized carbons (Fsp3) is 0.625. The van der Waals surface area contributed by atoms with Crippen molar-refractivity contribution in [3.63, 3.8) is 0 Å². The Morgan fingerprint density at radius 2 is 1.94 bits per heavy atom. The topological polar surface area (TPSA) is 21.3 Å². The van der Waals surface area contributed by atoms with E-state index in [2.05, 4.69) is 44.3 Å². The number of para-hydroxylation sites is 1. The zero-order valence-electron chi connectivity index (χ0n) is 11.8. The fourth-order valence-electron chi connectivity index (χ4n) is 2.30. The summed E-state index contributed by atoms with van der Waals surface area (Å²) in [5.41, 5.74) is 1.30. The van der Waals surface area contributed by atoms with Crippen LogP contribution in [0, 0.1) is 5.92 Å². The second-order valence-electron chi connectivity index (χ2n) is 5.62. The van der Waals surface area contributed by atoms with Gasteiger partial charge in [-0.3, -0.25) is 0 Å². The maximum absolute atomic E-state index is 5.89. The second-order valence-corrected chi connectivity index (χ2v) is 5.62. The first-order valence-corrected chi connectivity index (χ1v) is 7.13. The quantitative estimate of drug-likeness (QED) is 0.744. The van der Waals surface area contributed by atoms with E-state index in [0.717, 1.165) is 24.8 Å². The second kappa shape index (κ2) is 6.24. The maximum atomic E-state index is 5.89. The highest BCUT2D eigenvalue weighted by atomic mass is 16.5. The molecule has 0 amide bonds. The Morgan fingerprint density at radius 3 is 2.61 bits per heavy atom. The molecule has 0 saturated heterocycles. The minimum absolute atomic E-state index is 0.513. The van der Waals surface area contributed by atoms with E-state index >= 15 is 0 Å². The summed E-state index contributed by atoms with van der Waals surface area (Å²) in [4.78, 5) is 0. The fourth-order valence-corrected chi connectivity index (χ4v) is 2.30. The average molecular weight is 247 g/mol. The lowest BCUT2D eigenvalue weighted by molar-refractivity contribution is 0.299. The molecule has 1 aliphatic carbocycles. The molecular weight excluding hydrogens is 222 g/mol. The summed E-state index contributed by atoms with van der Waals surface area (Å²) in [6.07, 6.45) is 2.79. The molecule has 2 heteroatoms. The molecule has 18 heavy (non-hydrogen) atoms. The molecule has 1 aromatic rings. The van der Waals surface area contributed by atoms with Gasteiger partial charge in [0.2, 0.25) is 0 Å². The summed E-state index contributed by atoms with van der Waals surface area (Å²) in [6, 6.07) is 8.99. The largest absolute Gasteiger partial charge is 0.492 e. The van der Waals surface area contributed by atoms with Crippen LogP contribution < -0.4 is 10.1 Å². The van der Waals surface area contributed by atoms with Crippen molar-refractivity contribution in [2.24, 2.45) is 5.92 Å². The van der Waals surface area contributed by atoms with Crippen molar-refractivity contribution >= 4 is 0 Å². The molecule has 1 atom stereocenters. The van der Waals surface area contributed by atoms with Crippen molar-refractivity contribution in [2.45, 2.75) is 45.6 Å². The van der Waals surface area contributed by atoms with Crippen molar-refractivity contribution < 1.29 is 4.74 Å². The Kier molecular flexibility index (Phi) is 4.65. The summed E-state index contributed by atoms with van der Waals surface area (Å²) in [5.74, 6) is 2.46. The molecule has 100 valence electrons. The first-order valence-electron chi connectivity index (χ1n) is 7.13. The van der Waals surface area contributed by atoms with Gasteiger partial charge in [0.15, 0.2) is 0 Å². The molecule has 2 rings (SSSR count). The normalized spacial score (nSPS) is 16.9. The molecule has 1 aromatic carbocycles. The highest BCUT2D eigenvalue weighted by Gasteiger charge is 2.27. The van der Waals surface area contributed by atoms with Crippen LogP contribution in [0.15, 0.2) is 24.3 Å². The molecule has 0 aromatic heterocycles. The number of nitrogens with one attached hydrogen (secondary N) is 1. The predicted octanol–water partition coefficient (Wildman–Crippen LogP) is 3.58. The van der Waals surface area contributed by atoms with Crippen molar-refractivity contribution in [3.05, 3.63) is 29.8 Å². The SMILES string of the molecule is CC(C)c1ccccc1OCCNC(C)C1CC1. The third-order valence-electron chi connectivity index (χ3n) is 3.70. The molecule has 0 aliphatic heterocycles. The number of hydrogen-bond acceptors (Lipinski definition) is 2. The van der Waals surface area contributed by atoms with Gasteiger partial charge in [-0.15, -0.1) is 0 Å². The molecule has 1 fully saturated rings. The predicted molar refractivity (Wildman–Crippen MR) is 76.2 cm³/mol. The van der Waals surface area contributed by atoms with E-state index in [4.69, 9.17) is 4.74 Å². The Balaban J connectivity index is 1.75. The van der Waals surface area contributed by atoms with Crippen LogP contribution in [0.4, 0.5) is 0 Å². The third kappa shape index (κ3) is 3.74. The smallest absolute Gasteiger partial charge is 0.122 e. The molecule has 0 radical (unpaired) electrons. The summed E-state index contributed by atoms with van der Waals surface area (Å²) in [7, 11) is 0. The van der Waals surface area contributed by atoms with E-state index < -0.39 is 0 Å². The minimum Gasteiger partial charge on any atom is -0.492 e. The van der Waals surface area contributed by atoms with E-state index in [1.54, 1.807) is 0 Å². The summed E-state index contributed by atoms with van der Waals surface area (Å²) in [5, 5.41) is 3.54. The summed E-state index contributed by atoms with van der Waals surface area (Å²) in [6.45, 7) is 8.37. The van der Waals surface area contributed by atoms with Gasteiger partial charge in [0, 0.05) is 12.6 Å². The van der Waals surface area contributed by atoms with Gasteiger partial charge in [-0.2, -0.15) is 0 Å². The molecule has 0 bridgehead atoms. The van der Waals surface area contributed by atoms with E-state index in [1.807, 2.05) is 6.07 Å². The lowest BCUT2D eigenvalue weighted by Crippen LogP contribution is -2.31. The van der Waals surface area contributed by atoms with Gasteiger partial charge in [-0.1, -0.05) is 32.0 Å². The molecule has 1 unspecified atom stereocenters. The standard InChI is InChI=1S/C16H25NO/c1-12(2)15-6-4-5-7-16(15)18-11-10-17-13(3)14-8-9-14/h4-7,12-14,17H,8-11H2,1-3H3. The van der Waals surface area contributed by atoms with E-state index in [1.165, 1.54) is 18.4 Å². The first kappa shape index (κ1) is 13.4. The number of rotatable bonds is 7. The Labute approximate surface area is 111 Å². The van der Waals surface area contributed by atoms with Crippen LogP contribution in [-0.4, -0.2) is 19.2 Å². The van der Waals surface area contributed by atoms with E-state index in [9.17, 15) is 0 Å². The van der Waals surface area contributed by atoms with Crippen molar-refractivity contribution in [2.75, 3.05) is 13.2 Å². The molecule has 2 nitrogen and oxygen atoms in total. The van der Waals surface area contributed by atoms with Gasteiger partial charge >= 0.3 is 0 Å². The maximum Gasteiger partial charge on any atom is 0.122 e. The van der Waals surface area contributed by atoms with Crippen LogP contribution in [-0.2, 0) is 0 Å².